The van der Waals surface area contributed by atoms with E-state index in [2.05, 4.69) is 15.6 Å². The first-order valence-electron chi connectivity index (χ1n) is 5.80. The fourth-order valence-electron chi connectivity index (χ4n) is 2.02. The van der Waals surface area contributed by atoms with Crippen molar-refractivity contribution >= 4 is 44.2 Å². The van der Waals surface area contributed by atoms with Crippen LogP contribution in [0.15, 0.2) is 18.2 Å². The predicted octanol–water partition coefficient (Wildman–Crippen LogP) is 2.64. The standard InChI is InChI=1S/C12H12ClN3OS/c13-7-1-3-10-9(5-7)16-12(18-10)14-6-8-2-4-11(17)15-8/h1,3,5,8H,2,4,6H2,(H,14,16)(H,15,17). The Hall–Kier alpha value is -1.33. The molecule has 3 rings (SSSR count). The largest absolute Gasteiger partial charge is 0.359 e. The molecule has 94 valence electrons. The van der Waals surface area contributed by atoms with Crippen molar-refractivity contribution in [3.63, 3.8) is 0 Å². The minimum absolute atomic E-state index is 0.137. The molecule has 6 heteroatoms. The van der Waals surface area contributed by atoms with Crippen LogP contribution in [-0.4, -0.2) is 23.5 Å². The second-order valence-corrected chi connectivity index (χ2v) is 5.78. The van der Waals surface area contributed by atoms with Crippen LogP contribution in [0.5, 0.6) is 0 Å². The van der Waals surface area contributed by atoms with Crippen molar-refractivity contribution < 1.29 is 4.79 Å². The third-order valence-corrected chi connectivity index (χ3v) is 4.16. The summed E-state index contributed by atoms with van der Waals surface area (Å²) >= 11 is 7.52. The molecule has 0 bridgehead atoms. The highest BCUT2D eigenvalue weighted by Crippen LogP contribution is 2.28. The van der Waals surface area contributed by atoms with Gasteiger partial charge in [0.2, 0.25) is 5.91 Å². The third-order valence-electron chi connectivity index (χ3n) is 2.93. The van der Waals surface area contributed by atoms with Gasteiger partial charge in [-0.3, -0.25) is 4.79 Å². The summed E-state index contributed by atoms with van der Waals surface area (Å²) in [6.07, 6.45) is 1.52. The summed E-state index contributed by atoms with van der Waals surface area (Å²) in [5, 5.41) is 7.75. The van der Waals surface area contributed by atoms with Crippen LogP contribution in [0.2, 0.25) is 5.02 Å². The first-order valence-corrected chi connectivity index (χ1v) is 6.99. The van der Waals surface area contributed by atoms with E-state index in [4.69, 9.17) is 11.6 Å². The lowest BCUT2D eigenvalue weighted by atomic mass is 10.2. The minimum atomic E-state index is 0.137. The molecule has 2 aromatic rings. The maximum Gasteiger partial charge on any atom is 0.220 e. The molecule has 18 heavy (non-hydrogen) atoms. The number of halogens is 1. The number of amides is 1. The molecule has 1 aromatic heterocycles. The van der Waals surface area contributed by atoms with Gasteiger partial charge in [0.05, 0.1) is 10.2 Å². The van der Waals surface area contributed by atoms with Crippen LogP contribution in [0, 0.1) is 0 Å². The molecule has 1 saturated heterocycles. The second-order valence-electron chi connectivity index (χ2n) is 4.32. The molecule has 1 aromatic carbocycles. The highest BCUT2D eigenvalue weighted by atomic mass is 35.5. The first kappa shape index (κ1) is 11.7. The molecule has 1 aliphatic heterocycles. The number of aromatic nitrogens is 1. The zero-order chi connectivity index (χ0) is 12.5. The Balaban J connectivity index is 1.69. The molecule has 1 unspecified atom stereocenters. The van der Waals surface area contributed by atoms with Crippen LogP contribution in [0.1, 0.15) is 12.8 Å². The molecule has 1 fully saturated rings. The maximum atomic E-state index is 11.1. The smallest absolute Gasteiger partial charge is 0.220 e. The first-order chi connectivity index (χ1) is 8.70. The number of nitrogens with one attached hydrogen (secondary N) is 2. The van der Waals surface area contributed by atoms with Gasteiger partial charge in [-0.2, -0.15) is 0 Å². The summed E-state index contributed by atoms with van der Waals surface area (Å²) in [6, 6.07) is 5.91. The van der Waals surface area contributed by atoms with E-state index in [1.54, 1.807) is 11.3 Å². The monoisotopic (exact) mass is 281 g/mol. The molecule has 2 heterocycles. The molecule has 0 radical (unpaired) electrons. The van der Waals surface area contributed by atoms with Crippen molar-refractivity contribution in [1.29, 1.82) is 0 Å². The van der Waals surface area contributed by atoms with Gasteiger partial charge in [0.1, 0.15) is 0 Å². The molecule has 0 aliphatic carbocycles. The van der Waals surface area contributed by atoms with Gasteiger partial charge in [0, 0.05) is 24.0 Å². The number of thiazole rings is 1. The van der Waals surface area contributed by atoms with Crippen LogP contribution < -0.4 is 10.6 Å². The normalized spacial score (nSPS) is 19.2. The number of carbonyl (C=O) groups is 1. The Labute approximate surface area is 113 Å². The molecule has 2 N–H and O–H groups in total. The lowest BCUT2D eigenvalue weighted by Crippen LogP contribution is -2.31. The van der Waals surface area contributed by atoms with Gasteiger partial charge in [-0.05, 0) is 24.6 Å². The molecule has 1 amide bonds. The summed E-state index contributed by atoms with van der Waals surface area (Å²) in [4.78, 5) is 15.5. The molecule has 0 saturated carbocycles. The Bertz CT molecular complexity index is 598. The van der Waals surface area contributed by atoms with Crippen molar-refractivity contribution in [3.05, 3.63) is 23.2 Å². The van der Waals surface area contributed by atoms with Crippen LogP contribution in [0.4, 0.5) is 5.13 Å². The second kappa shape index (κ2) is 4.74. The maximum absolute atomic E-state index is 11.1. The molecular weight excluding hydrogens is 270 g/mol. The number of rotatable bonds is 3. The van der Waals surface area contributed by atoms with Gasteiger partial charge in [-0.15, -0.1) is 0 Å². The van der Waals surface area contributed by atoms with Crippen molar-refractivity contribution in [2.75, 3.05) is 11.9 Å². The lowest BCUT2D eigenvalue weighted by Gasteiger charge is -2.09. The average molecular weight is 282 g/mol. The topological polar surface area (TPSA) is 54.0 Å². The van der Waals surface area contributed by atoms with E-state index in [1.165, 1.54) is 0 Å². The molecule has 4 nitrogen and oxygen atoms in total. The van der Waals surface area contributed by atoms with E-state index in [0.717, 1.165) is 28.3 Å². The van der Waals surface area contributed by atoms with Crippen LogP contribution in [0.25, 0.3) is 10.2 Å². The van der Waals surface area contributed by atoms with Gasteiger partial charge < -0.3 is 10.6 Å². The number of anilines is 1. The van der Waals surface area contributed by atoms with E-state index in [9.17, 15) is 4.79 Å². The SMILES string of the molecule is O=C1CCC(CNc2nc3cc(Cl)ccc3s2)N1. The van der Waals surface area contributed by atoms with Crippen molar-refractivity contribution in [1.82, 2.24) is 10.3 Å². The summed E-state index contributed by atoms with van der Waals surface area (Å²) in [6.45, 7) is 0.722. The Morgan fingerprint density at radius 1 is 1.56 bits per heavy atom. The zero-order valence-corrected chi connectivity index (χ0v) is 11.1. The van der Waals surface area contributed by atoms with Crippen LogP contribution in [-0.2, 0) is 4.79 Å². The third kappa shape index (κ3) is 2.42. The number of benzene rings is 1. The number of hydrogen-bond acceptors (Lipinski definition) is 4. The fraction of sp³-hybridized carbons (Fsp3) is 0.333. The summed E-state index contributed by atoms with van der Waals surface area (Å²) < 4.78 is 1.11. The van der Waals surface area contributed by atoms with Crippen molar-refractivity contribution in [2.24, 2.45) is 0 Å². The van der Waals surface area contributed by atoms with Crippen LogP contribution >= 0.6 is 22.9 Å². The molecule has 0 spiro atoms. The average Bonchev–Trinajstić information content (AvgIpc) is 2.92. The number of fused-ring (bicyclic) bond motifs is 1. The highest BCUT2D eigenvalue weighted by molar-refractivity contribution is 7.22. The Kier molecular flexibility index (Phi) is 3.09. The van der Waals surface area contributed by atoms with Gasteiger partial charge in [-0.1, -0.05) is 22.9 Å². The zero-order valence-electron chi connectivity index (χ0n) is 9.57. The van der Waals surface area contributed by atoms with Gasteiger partial charge in [0.15, 0.2) is 5.13 Å². The van der Waals surface area contributed by atoms with E-state index in [0.29, 0.717) is 11.4 Å². The van der Waals surface area contributed by atoms with E-state index >= 15 is 0 Å². The molecular formula is C12H12ClN3OS. The Morgan fingerprint density at radius 2 is 2.44 bits per heavy atom. The van der Waals surface area contributed by atoms with Crippen molar-refractivity contribution in [2.45, 2.75) is 18.9 Å². The molecule has 1 atom stereocenters. The number of hydrogen-bond donors (Lipinski definition) is 2. The summed E-state index contributed by atoms with van der Waals surface area (Å²) in [7, 11) is 0. The van der Waals surface area contributed by atoms with Gasteiger partial charge in [-0.25, -0.2) is 4.98 Å². The summed E-state index contributed by atoms with van der Waals surface area (Å²) in [5.74, 6) is 0.137. The highest BCUT2D eigenvalue weighted by Gasteiger charge is 2.20. The van der Waals surface area contributed by atoms with E-state index in [-0.39, 0.29) is 11.9 Å². The number of nitrogens with zero attached hydrogens (tertiary/aromatic N) is 1. The predicted molar refractivity (Wildman–Crippen MR) is 74.3 cm³/mol. The van der Waals surface area contributed by atoms with Gasteiger partial charge >= 0.3 is 0 Å². The fourth-order valence-corrected chi connectivity index (χ4v) is 3.04. The quantitative estimate of drug-likeness (QED) is 0.909. The van der Waals surface area contributed by atoms with E-state index in [1.807, 2.05) is 18.2 Å². The lowest BCUT2D eigenvalue weighted by molar-refractivity contribution is -0.119. The molecule has 1 aliphatic rings. The van der Waals surface area contributed by atoms with E-state index < -0.39 is 0 Å². The van der Waals surface area contributed by atoms with Gasteiger partial charge in [0.25, 0.3) is 0 Å². The minimum Gasteiger partial charge on any atom is -0.359 e. The van der Waals surface area contributed by atoms with Crippen LogP contribution in [0.3, 0.4) is 0 Å². The van der Waals surface area contributed by atoms with Crippen molar-refractivity contribution in [3.8, 4) is 0 Å². The summed E-state index contributed by atoms with van der Waals surface area (Å²) in [5.41, 5.74) is 0.908. The Morgan fingerprint density at radius 3 is 3.22 bits per heavy atom. The number of carbonyl (C=O) groups excluding carboxylic acids is 1.